The first-order valence-corrected chi connectivity index (χ1v) is 5.98. The van der Waals surface area contributed by atoms with Crippen molar-refractivity contribution in [2.45, 2.75) is 45.4 Å². The molecule has 90 valence electrons. The van der Waals surface area contributed by atoms with Crippen LogP contribution in [0.2, 0.25) is 0 Å². The minimum absolute atomic E-state index is 0.153. The van der Waals surface area contributed by atoms with Gasteiger partial charge in [0, 0.05) is 10.9 Å². The second kappa shape index (κ2) is 5.13. The zero-order valence-electron chi connectivity index (χ0n) is 9.72. The van der Waals surface area contributed by atoms with Gasteiger partial charge in [0.1, 0.15) is 11.8 Å². The van der Waals surface area contributed by atoms with Crippen molar-refractivity contribution in [3.8, 4) is 0 Å². The van der Waals surface area contributed by atoms with Gasteiger partial charge in [-0.1, -0.05) is 21.5 Å². The molecule has 0 saturated heterocycles. The summed E-state index contributed by atoms with van der Waals surface area (Å²) >= 11 is 3.21. The molecule has 0 bridgehead atoms. The molecule has 1 unspecified atom stereocenters. The molecular weight excluding hydrogens is 275 g/mol. The summed E-state index contributed by atoms with van der Waals surface area (Å²) in [6, 6.07) is 0. The summed E-state index contributed by atoms with van der Waals surface area (Å²) in [6.07, 6.45) is 2.67. The molecule has 0 heterocycles. The quantitative estimate of drug-likeness (QED) is 0.726. The number of carbonyl (C=O) groups is 1. The molecule has 2 nitrogen and oxygen atoms in total. The number of ether oxygens (including phenoxy) is 1. The zero-order valence-corrected chi connectivity index (χ0v) is 11.3. The summed E-state index contributed by atoms with van der Waals surface area (Å²) in [4.78, 5) is 11.5. The smallest absolute Gasteiger partial charge is 0.310 e. The molecule has 1 rings (SSSR count). The summed E-state index contributed by atoms with van der Waals surface area (Å²) in [5.74, 6) is -0.312. The molecule has 0 saturated carbocycles. The molecule has 0 aliphatic heterocycles. The third-order valence-corrected chi connectivity index (χ3v) is 2.42. The Labute approximate surface area is 104 Å². The van der Waals surface area contributed by atoms with Crippen molar-refractivity contribution in [3.63, 3.8) is 0 Å². The predicted octanol–water partition coefficient (Wildman–Crippen LogP) is 3.67. The Morgan fingerprint density at radius 3 is 2.75 bits per heavy atom. The first kappa shape index (κ1) is 13.4. The van der Waals surface area contributed by atoms with Crippen molar-refractivity contribution in [2.75, 3.05) is 0 Å². The van der Waals surface area contributed by atoms with Crippen molar-refractivity contribution in [1.82, 2.24) is 0 Å². The van der Waals surface area contributed by atoms with E-state index < -0.39 is 11.8 Å². The van der Waals surface area contributed by atoms with Gasteiger partial charge in [0.2, 0.25) is 0 Å². The SMILES string of the molecule is CC(C)(C)OC(=O)CC1=CC(Br)=CC(F)C1. The van der Waals surface area contributed by atoms with E-state index in [0.29, 0.717) is 4.48 Å². The van der Waals surface area contributed by atoms with Crippen LogP contribution in [0, 0.1) is 0 Å². The molecule has 1 aliphatic rings. The van der Waals surface area contributed by atoms with Crippen LogP contribution in [0.25, 0.3) is 0 Å². The highest BCUT2D eigenvalue weighted by Gasteiger charge is 2.20. The van der Waals surface area contributed by atoms with Gasteiger partial charge in [-0.3, -0.25) is 4.79 Å². The maximum Gasteiger partial charge on any atom is 0.310 e. The van der Waals surface area contributed by atoms with E-state index in [1.807, 2.05) is 20.8 Å². The van der Waals surface area contributed by atoms with E-state index in [9.17, 15) is 9.18 Å². The van der Waals surface area contributed by atoms with Gasteiger partial charge in [-0.05, 0) is 32.9 Å². The fraction of sp³-hybridized carbons (Fsp3) is 0.583. The molecule has 16 heavy (non-hydrogen) atoms. The number of alkyl halides is 1. The van der Waals surface area contributed by atoms with Crippen LogP contribution in [-0.2, 0) is 9.53 Å². The van der Waals surface area contributed by atoms with Crippen molar-refractivity contribution in [2.24, 2.45) is 0 Å². The van der Waals surface area contributed by atoms with Gasteiger partial charge < -0.3 is 4.74 Å². The molecule has 0 radical (unpaired) electrons. The number of rotatable bonds is 2. The average Bonchev–Trinajstić information content (AvgIpc) is 1.96. The lowest BCUT2D eigenvalue weighted by Gasteiger charge is -2.21. The van der Waals surface area contributed by atoms with Gasteiger partial charge in [-0.2, -0.15) is 0 Å². The molecule has 0 spiro atoms. The Kier molecular flexibility index (Phi) is 4.30. The predicted molar refractivity (Wildman–Crippen MR) is 65.1 cm³/mol. The van der Waals surface area contributed by atoms with Crippen LogP contribution >= 0.6 is 15.9 Å². The number of carbonyl (C=O) groups excluding carboxylic acids is 1. The highest BCUT2D eigenvalue weighted by Crippen LogP contribution is 2.26. The molecule has 0 aromatic heterocycles. The topological polar surface area (TPSA) is 26.3 Å². The lowest BCUT2D eigenvalue weighted by atomic mass is 10.0. The maximum atomic E-state index is 13.2. The lowest BCUT2D eigenvalue weighted by Crippen LogP contribution is -2.24. The minimum atomic E-state index is -1.02. The summed E-state index contributed by atoms with van der Waals surface area (Å²) < 4.78 is 19.0. The summed E-state index contributed by atoms with van der Waals surface area (Å²) in [7, 11) is 0. The van der Waals surface area contributed by atoms with Gasteiger partial charge in [0.15, 0.2) is 0 Å². The highest BCUT2D eigenvalue weighted by molar-refractivity contribution is 9.11. The van der Waals surface area contributed by atoms with E-state index >= 15 is 0 Å². The number of hydrogen-bond acceptors (Lipinski definition) is 2. The number of halogens is 2. The Morgan fingerprint density at radius 2 is 2.25 bits per heavy atom. The largest absolute Gasteiger partial charge is 0.460 e. The number of esters is 1. The number of allylic oxidation sites excluding steroid dienone is 3. The van der Waals surface area contributed by atoms with Crippen LogP contribution in [0.4, 0.5) is 4.39 Å². The van der Waals surface area contributed by atoms with Crippen LogP contribution in [0.1, 0.15) is 33.6 Å². The first-order valence-electron chi connectivity index (χ1n) is 5.19. The third-order valence-electron chi connectivity index (χ3n) is 1.93. The Morgan fingerprint density at radius 1 is 1.62 bits per heavy atom. The molecule has 0 N–H and O–H groups in total. The van der Waals surface area contributed by atoms with E-state index in [4.69, 9.17) is 4.74 Å². The first-order chi connectivity index (χ1) is 7.26. The van der Waals surface area contributed by atoms with Crippen molar-refractivity contribution in [3.05, 3.63) is 22.2 Å². The molecule has 4 heteroatoms. The van der Waals surface area contributed by atoms with E-state index in [1.165, 1.54) is 6.08 Å². The van der Waals surface area contributed by atoms with Crippen molar-refractivity contribution < 1.29 is 13.9 Å². The fourth-order valence-electron chi connectivity index (χ4n) is 1.47. The lowest BCUT2D eigenvalue weighted by molar-refractivity contribution is -0.153. The second-order valence-electron chi connectivity index (χ2n) is 4.84. The van der Waals surface area contributed by atoms with Gasteiger partial charge in [-0.15, -0.1) is 0 Å². The summed E-state index contributed by atoms with van der Waals surface area (Å²) in [6.45, 7) is 5.44. The van der Waals surface area contributed by atoms with Crippen LogP contribution < -0.4 is 0 Å². The van der Waals surface area contributed by atoms with Gasteiger partial charge >= 0.3 is 5.97 Å². The Bertz CT molecular complexity index is 339. The molecule has 1 aliphatic carbocycles. The molecule has 1 atom stereocenters. The molecule has 0 amide bonds. The average molecular weight is 291 g/mol. The second-order valence-corrected chi connectivity index (χ2v) is 5.75. The van der Waals surface area contributed by atoms with Gasteiger partial charge in [0.25, 0.3) is 0 Å². The van der Waals surface area contributed by atoms with Crippen molar-refractivity contribution in [1.29, 1.82) is 0 Å². The Hall–Kier alpha value is -0.640. The molecule has 0 fully saturated rings. The van der Waals surface area contributed by atoms with Gasteiger partial charge in [0.05, 0.1) is 6.42 Å². The summed E-state index contributed by atoms with van der Waals surface area (Å²) in [5, 5.41) is 0. The molecular formula is C12H16BrFO2. The number of hydrogen-bond donors (Lipinski definition) is 0. The van der Waals surface area contributed by atoms with Crippen LogP contribution in [0.15, 0.2) is 22.2 Å². The van der Waals surface area contributed by atoms with Crippen LogP contribution in [-0.4, -0.2) is 17.7 Å². The zero-order chi connectivity index (χ0) is 12.3. The standard InChI is InChI=1S/C12H16BrFO2/c1-12(2,3)16-11(15)6-8-4-9(13)7-10(14)5-8/h4,7,10H,5-6H2,1-3H3. The van der Waals surface area contributed by atoms with E-state index in [0.717, 1.165) is 5.57 Å². The molecule has 0 aromatic rings. The minimum Gasteiger partial charge on any atom is -0.460 e. The van der Waals surface area contributed by atoms with E-state index in [2.05, 4.69) is 15.9 Å². The Balaban J connectivity index is 2.56. The summed E-state index contributed by atoms with van der Waals surface area (Å²) in [5.41, 5.74) is 0.269. The highest BCUT2D eigenvalue weighted by atomic mass is 79.9. The monoisotopic (exact) mass is 290 g/mol. The van der Waals surface area contributed by atoms with E-state index in [1.54, 1.807) is 6.08 Å². The maximum absolute atomic E-state index is 13.2. The van der Waals surface area contributed by atoms with E-state index in [-0.39, 0.29) is 18.8 Å². The van der Waals surface area contributed by atoms with Crippen LogP contribution in [0.5, 0.6) is 0 Å². The third kappa shape index (κ3) is 4.92. The molecule has 0 aromatic carbocycles. The normalized spacial score (nSPS) is 21.2. The van der Waals surface area contributed by atoms with Crippen LogP contribution in [0.3, 0.4) is 0 Å². The fourth-order valence-corrected chi connectivity index (χ4v) is 2.08. The van der Waals surface area contributed by atoms with Crippen molar-refractivity contribution >= 4 is 21.9 Å². The van der Waals surface area contributed by atoms with Gasteiger partial charge in [-0.25, -0.2) is 4.39 Å².